The first kappa shape index (κ1) is 14.9. The fourth-order valence-electron chi connectivity index (χ4n) is 4.03. The molecule has 2 fully saturated rings. The lowest BCUT2D eigenvalue weighted by Gasteiger charge is -2.50. The smallest absolute Gasteiger partial charge is 0.119 e. The van der Waals surface area contributed by atoms with Crippen molar-refractivity contribution in [1.29, 1.82) is 0 Å². The molecule has 1 saturated heterocycles. The molecular weight excluding hydrogens is 260 g/mol. The Hall–Kier alpha value is -1.06. The summed E-state index contributed by atoms with van der Waals surface area (Å²) in [5.41, 5.74) is 1.68. The summed E-state index contributed by atoms with van der Waals surface area (Å²) in [6.07, 6.45) is 5.23. The van der Waals surface area contributed by atoms with Crippen molar-refractivity contribution in [3.05, 3.63) is 29.8 Å². The van der Waals surface area contributed by atoms with Gasteiger partial charge in [0.2, 0.25) is 0 Å². The highest BCUT2D eigenvalue weighted by Gasteiger charge is 2.41. The standard InChI is InChI=1S/C18H28N2O/c1-15-6-8-18(9-7-15,20-12-10-19-11-13-20)16-4-3-5-17(14-16)21-2/h3-5,14-15,19H,6-13H2,1-2H3. The quantitative estimate of drug-likeness (QED) is 0.925. The van der Waals surface area contributed by atoms with Crippen LogP contribution in [-0.2, 0) is 5.54 Å². The van der Waals surface area contributed by atoms with E-state index >= 15 is 0 Å². The highest BCUT2D eigenvalue weighted by molar-refractivity contribution is 5.34. The minimum atomic E-state index is 0.225. The zero-order valence-electron chi connectivity index (χ0n) is 13.4. The third-order valence-electron chi connectivity index (χ3n) is 5.43. The van der Waals surface area contributed by atoms with E-state index in [-0.39, 0.29) is 5.54 Å². The van der Waals surface area contributed by atoms with Crippen molar-refractivity contribution >= 4 is 0 Å². The van der Waals surface area contributed by atoms with Gasteiger partial charge >= 0.3 is 0 Å². The Kier molecular flexibility index (Phi) is 4.51. The summed E-state index contributed by atoms with van der Waals surface area (Å²) in [4.78, 5) is 2.73. The topological polar surface area (TPSA) is 24.5 Å². The number of nitrogens with zero attached hydrogens (tertiary/aromatic N) is 1. The maximum absolute atomic E-state index is 5.47. The average Bonchev–Trinajstić information content (AvgIpc) is 2.57. The Morgan fingerprint density at radius 3 is 2.57 bits per heavy atom. The molecule has 21 heavy (non-hydrogen) atoms. The van der Waals surface area contributed by atoms with Gasteiger partial charge in [0.1, 0.15) is 5.75 Å². The molecule has 2 aliphatic rings. The third kappa shape index (κ3) is 2.95. The fraction of sp³-hybridized carbons (Fsp3) is 0.667. The van der Waals surface area contributed by atoms with Gasteiger partial charge in [-0.1, -0.05) is 19.1 Å². The largest absolute Gasteiger partial charge is 0.497 e. The average molecular weight is 288 g/mol. The summed E-state index contributed by atoms with van der Waals surface area (Å²) in [5.74, 6) is 1.85. The lowest BCUT2D eigenvalue weighted by Crippen LogP contribution is -2.55. The van der Waals surface area contributed by atoms with E-state index in [2.05, 4.69) is 41.4 Å². The van der Waals surface area contributed by atoms with Crippen LogP contribution in [-0.4, -0.2) is 38.2 Å². The lowest BCUT2D eigenvalue weighted by atomic mass is 9.72. The Bertz CT molecular complexity index is 460. The molecule has 1 aliphatic heterocycles. The number of hydrogen-bond donors (Lipinski definition) is 1. The summed E-state index contributed by atoms with van der Waals surface area (Å²) in [5, 5.41) is 3.49. The first-order chi connectivity index (χ1) is 10.2. The molecule has 0 bridgehead atoms. The predicted molar refractivity (Wildman–Crippen MR) is 86.7 cm³/mol. The van der Waals surface area contributed by atoms with E-state index in [1.807, 2.05) is 0 Å². The van der Waals surface area contributed by atoms with Crippen molar-refractivity contribution in [3.8, 4) is 5.75 Å². The lowest BCUT2D eigenvalue weighted by molar-refractivity contribution is 0.0248. The van der Waals surface area contributed by atoms with Crippen LogP contribution in [0.15, 0.2) is 24.3 Å². The van der Waals surface area contributed by atoms with Gasteiger partial charge in [0.05, 0.1) is 7.11 Å². The molecule has 0 atom stereocenters. The monoisotopic (exact) mass is 288 g/mol. The molecule has 1 saturated carbocycles. The minimum absolute atomic E-state index is 0.225. The number of piperazine rings is 1. The molecule has 1 heterocycles. The van der Waals surface area contributed by atoms with Crippen LogP contribution in [0.5, 0.6) is 5.75 Å². The first-order valence-corrected chi connectivity index (χ1v) is 8.35. The number of methoxy groups -OCH3 is 1. The molecule has 3 rings (SSSR count). The van der Waals surface area contributed by atoms with E-state index in [9.17, 15) is 0 Å². The van der Waals surface area contributed by atoms with Crippen LogP contribution in [0.2, 0.25) is 0 Å². The van der Waals surface area contributed by atoms with Crippen LogP contribution in [0.3, 0.4) is 0 Å². The van der Waals surface area contributed by atoms with Gasteiger partial charge < -0.3 is 10.1 Å². The van der Waals surface area contributed by atoms with Crippen LogP contribution in [0.4, 0.5) is 0 Å². The van der Waals surface area contributed by atoms with E-state index in [0.29, 0.717) is 0 Å². The van der Waals surface area contributed by atoms with Crippen molar-refractivity contribution in [1.82, 2.24) is 10.2 Å². The summed E-state index contributed by atoms with van der Waals surface area (Å²) in [7, 11) is 1.76. The van der Waals surface area contributed by atoms with Crippen molar-refractivity contribution < 1.29 is 4.74 Å². The molecule has 1 aromatic rings. The van der Waals surface area contributed by atoms with Gasteiger partial charge in [-0.3, -0.25) is 4.90 Å². The predicted octanol–water partition coefficient (Wildman–Crippen LogP) is 3.01. The number of ether oxygens (including phenoxy) is 1. The first-order valence-electron chi connectivity index (χ1n) is 8.35. The van der Waals surface area contributed by atoms with Gasteiger partial charge in [0, 0.05) is 31.7 Å². The van der Waals surface area contributed by atoms with Crippen molar-refractivity contribution in [2.24, 2.45) is 5.92 Å². The zero-order chi connectivity index (χ0) is 14.7. The van der Waals surface area contributed by atoms with Gasteiger partial charge in [-0.05, 0) is 49.3 Å². The van der Waals surface area contributed by atoms with E-state index in [1.54, 1.807) is 7.11 Å². The second kappa shape index (κ2) is 6.37. The van der Waals surface area contributed by atoms with Gasteiger partial charge in [-0.2, -0.15) is 0 Å². The minimum Gasteiger partial charge on any atom is -0.497 e. The SMILES string of the molecule is COc1cccc(C2(N3CCNCC3)CCC(C)CC2)c1. The second-order valence-corrected chi connectivity index (χ2v) is 6.68. The number of nitrogens with one attached hydrogen (secondary N) is 1. The number of hydrogen-bond acceptors (Lipinski definition) is 3. The Morgan fingerprint density at radius 2 is 1.90 bits per heavy atom. The third-order valence-corrected chi connectivity index (χ3v) is 5.43. The van der Waals surface area contributed by atoms with Crippen molar-refractivity contribution in [2.45, 2.75) is 38.1 Å². The Balaban J connectivity index is 1.94. The Morgan fingerprint density at radius 1 is 1.19 bits per heavy atom. The van der Waals surface area contributed by atoms with Gasteiger partial charge in [0.15, 0.2) is 0 Å². The van der Waals surface area contributed by atoms with Gasteiger partial charge in [-0.15, -0.1) is 0 Å². The van der Waals surface area contributed by atoms with Gasteiger partial charge in [0.25, 0.3) is 0 Å². The van der Waals surface area contributed by atoms with Crippen LogP contribution in [0.25, 0.3) is 0 Å². The van der Waals surface area contributed by atoms with Crippen LogP contribution in [0, 0.1) is 5.92 Å². The number of benzene rings is 1. The fourth-order valence-corrected chi connectivity index (χ4v) is 4.03. The molecule has 3 heteroatoms. The highest BCUT2D eigenvalue weighted by atomic mass is 16.5. The van der Waals surface area contributed by atoms with E-state index < -0.39 is 0 Å². The summed E-state index contributed by atoms with van der Waals surface area (Å²) in [6, 6.07) is 8.77. The highest BCUT2D eigenvalue weighted by Crippen LogP contribution is 2.44. The van der Waals surface area contributed by atoms with Crippen LogP contribution >= 0.6 is 0 Å². The molecule has 0 aromatic heterocycles. The van der Waals surface area contributed by atoms with Crippen molar-refractivity contribution in [3.63, 3.8) is 0 Å². The summed E-state index contributed by atoms with van der Waals surface area (Å²) in [6.45, 7) is 6.94. The van der Waals surface area contributed by atoms with Gasteiger partial charge in [-0.25, -0.2) is 0 Å². The second-order valence-electron chi connectivity index (χ2n) is 6.68. The molecule has 1 N–H and O–H groups in total. The zero-order valence-corrected chi connectivity index (χ0v) is 13.4. The molecule has 0 amide bonds. The molecule has 0 spiro atoms. The molecule has 1 aromatic carbocycles. The molecule has 0 radical (unpaired) electrons. The van der Waals surface area contributed by atoms with Crippen molar-refractivity contribution in [2.75, 3.05) is 33.3 Å². The van der Waals surface area contributed by atoms with Crippen LogP contribution < -0.4 is 10.1 Å². The maximum Gasteiger partial charge on any atom is 0.119 e. The van der Waals surface area contributed by atoms with E-state index in [4.69, 9.17) is 4.74 Å². The number of rotatable bonds is 3. The Labute approximate surface area is 128 Å². The molecule has 116 valence electrons. The van der Waals surface area contributed by atoms with E-state index in [0.717, 1.165) is 37.8 Å². The van der Waals surface area contributed by atoms with E-state index in [1.165, 1.54) is 31.2 Å². The maximum atomic E-state index is 5.47. The van der Waals surface area contributed by atoms with Crippen LogP contribution in [0.1, 0.15) is 38.2 Å². The summed E-state index contributed by atoms with van der Waals surface area (Å²) < 4.78 is 5.47. The molecular formula is C18H28N2O. The normalized spacial score (nSPS) is 31.0. The molecule has 1 aliphatic carbocycles. The molecule has 0 unspecified atom stereocenters. The molecule has 3 nitrogen and oxygen atoms in total. The summed E-state index contributed by atoms with van der Waals surface area (Å²) >= 11 is 0.